The van der Waals surface area contributed by atoms with Crippen LogP contribution in [0.5, 0.6) is 5.75 Å². The van der Waals surface area contributed by atoms with Crippen LogP contribution in [0.15, 0.2) is 58.1 Å². The standard InChI is InChI=1S/C21H18N2O5S2/c1-12-9-10-14-19(17(12)20(22)24)18(13-6-3-4-7-15(13)28-2)21(25)23(14)30(26,27)16-8-5-11-29-16/h3-11,18H,1-2H3,(H2,22,24). The van der Waals surface area contributed by atoms with Crippen molar-refractivity contribution in [3.63, 3.8) is 0 Å². The minimum Gasteiger partial charge on any atom is -0.496 e. The van der Waals surface area contributed by atoms with E-state index in [-0.39, 0.29) is 21.0 Å². The summed E-state index contributed by atoms with van der Waals surface area (Å²) in [5, 5.41) is 1.62. The quantitative estimate of drug-likeness (QED) is 0.654. The first-order chi connectivity index (χ1) is 14.3. The summed E-state index contributed by atoms with van der Waals surface area (Å²) in [6.07, 6.45) is 0. The van der Waals surface area contributed by atoms with E-state index in [2.05, 4.69) is 0 Å². The first-order valence-corrected chi connectivity index (χ1v) is 11.3. The zero-order valence-electron chi connectivity index (χ0n) is 16.2. The van der Waals surface area contributed by atoms with Gasteiger partial charge in [-0.1, -0.05) is 30.3 Å². The van der Waals surface area contributed by atoms with Gasteiger partial charge in [0.15, 0.2) is 0 Å². The van der Waals surface area contributed by atoms with Gasteiger partial charge in [0, 0.05) is 16.7 Å². The first-order valence-electron chi connectivity index (χ1n) is 8.98. The van der Waals surface area contributed by atoms with Crippen LogP contribution in [0.2, 0.25) is 0 Å². The molecule has 3 aromatic rings. The number of thiophene rings is 1. The lowest BCUT2D eigenvalue weighted by Gasteiger charge is -2.18. The van der Waals surface area contributed by atoms with Gasteiger partial charge >= 0.3 is 0 Å². The van der Waals surface area contributed by atoms with Gasteiger partial charge in [0.25, 0.3) is 15.9 Å². The van der Waals surface area contributed by atoms with E-state index in [1.165, 1.54) is 19.2 Å². The summed E-state index contributed by atoms with van der Waals surface area (Å²) < 4.78 is 32.9. The molecule has 0 bridgehead atoms. The maximum Gasteiger partial charge on any atom is 0.280 e. The number of carbonyl (C=O) groups is 2. The molecule has 0 saturated carbocycles. The number of benzene rings is 2. The van der Waals surface area contributed by atoms with Crippen molar-refractivity contribution in [2.75, 3.05) is 11.4 Å². The lowest BCUT2D eigenvalue weighted by Crippen LogP contribution is -2.35. The molecule has 1 aromatic heterocycles. The number of fused-ring (bicyclic) bond motifs is 1. The minimum absolute atomic E-state index is 0.0312. The number of hydrogen-bond acceptors (Lipinski definition) is 6. The monoisotopic (exact) mass is 442 g/mol. The van der Waals surface area contributed by atoms with E-state index < -0.39 is 27.8 Å². The molecule has 1 aliphatic rings. The third-order valence-corrected chi connectivity index (χ3v) is 8.16. The van der Waals surface area contributed by atoms with E-state index in [0.717, 1.165) is 15.6 Å². The van der Waals surface area contributed by atoms with Crippen molar-refractivity contribution in [3.05, 3.63) is 76.2 Å². The molecule has 9 heteroatoms. The Hall–Kier alpha value is -3.17. The largest absolute Gasteiger partial charge is 0.496 e. The molecule has 4 rings (SSSR count). The first kappa shape index (κ1) is 20.1. The number of ether oxygens (including phenoxy) is 1. The Morgan fingerprint density at radius 3 is 2.50 bits per heavy atom. The van der Waals surface area contributed by atoms with Gasteiger partial charge in [-0.25, -0.2) is 4.31 Å². The van der Waals surface area contributed by atoms with E-state index >= 15 is 0 Å². The second-order valence-corrected chi connectivity index (χ2v) is 9.73. The zero-order valence-corrected chi connectivity index (χ0v) is 17.8. The number of aryl methyl sites for hydroxylation is 1. The van der Waals surface area contributed by atoms with Gasteiger partial charge in [-0.3, -0.25) is 9.59 Å². The normalized spacial score (nSPS) is 15.9. The van der Waals surface area contributed by atoms with Crippen LogP contribution in [0.4, 0.5) is 5.69 Å². The van der Waals surface area contributed by atoms with Crippen LogP contribution >= 0.6 is 11.3 Å². The molecule has 1 atom stereocenters. The number of sulfonamides is 1. The average molecular weight is 443 g/mol. The number of anilines is 1. The van der Waals surface area contributed by atoms with Crippen molar-refractivity contribution >= 4 is 38.9 Å². The summed E-state index contributed by atoms with van der Waals surface area (Å²) >= 11 is 1.01. The number of nitrogens with zero attached hydrogens (tertiary/aromatic N) is 1. The third kappa shape index (κ3) is 2.89. The average Bonchev–Trinajstić information content (AvgIpc) is 3.34. The Balaban J connectivity index is 2.05. The summed E-state index contributed by atoms with van der Waals surface area (Å²) in [5.41, 5.74) is 7.21. The number of carbonyl (C=O) groups excluding carboxylic acids is 2. The van der Waals surface area contributed by atoms with Crippen LogP contribution in [-0.4, -0.2) is 27.3 Å². The summed E-state index contributed by atoms with van der Waals surface area (Å²) in [6, 6.07) is 13.0. The van der Waals surface area contributed by atoms with Crippen molar-refractivity contribution in [2.24, 2.45) is 5.73 Å². The molecular formula is C21H18N2O5S2. The Morgan fingerprint density at radius 2 is 1.87 bits per heavy atom. The molecule has 0 fully saturated rings. The maximum atomic E-state index is 13.6. The van der Waals surface area contributed by atoms with E-state index in [1.54, 1.807) is 48.7 Å². The molecule has 0 radical (unpaired) electrons. The summed E-state index contributed by atoms with van der Waals surface area (Å²) in [7, 11) is -2.70. The molecule has 1 unspecified atom stereocenters. The van der Waals surface area contributed by atoms with Gasteiger partial charge in [-0.2, -0.15) is 8.42 Å². The fraction of sp³-hybridized carbons (Fsp3) is 0.143. The molecule has 2 amide bonds. The second kappa shape index (κ2) is 7.26. The van der Waals surface area contributed by atoms with Gasteiger partial charge in [0.2, 0.25) is 5.91 Å². The molecule has 0 aliphatic carbocycles. The summed E-state index contributed by atoms with van der Waals surface area (Å²) in [6.45, 7) is 1.70. The fourth-order valence-corrected chi connectivity index (χ4v) is 6.33. The lowest BCUT2D eigenvalue weighted by atomic mass is 9.86. The number of rotatable bonds is 5. The summed E-state index contributed by atoms with van der Waals surface area (Å²) in [4.78, 5) is 25.9. The number of primary amides is 1. The Labute approximate surface area is 177 Å². The fourth-order valence-electron chi connectivity index (χ4n) is 3.81. The van der Waals surface area contributed by atoms with E-state index in [4.69, 9.17) is 10.5 Å². The maximum absolute atomic E-state index is 13.6. The zero-order chi connectivity index (χ0) is 21.6. The number of hydrogen-bond donors (Lipinski definition) is 1. The van der Waals surface area contributed by atoms with Gasteiger partial charge in [0.1, 0.15) is 9.96 Å². The highest BCUT2D eigenvalue weighted by Crippen LogP contribution is 2.48. The second-order valence-electron chi connectivity index (χ2n) is 6.77. The number of nitrogens with two attached hydrogens (primary N) is 1. The van der Waals surface area contributed by atoms with Crippen LogP contribution in [0.3, 0.4) is 0 Å². The van der Waals surface area contributed by atoms with Gasteiger partial charge in [-0.15, -0.1) is 11.3 Å². The molecular weight excluding hydrogens is 424 g/mol. The SMILES string of the molecule is COc1ccccc1C1C(=O)N(S(=O)(=O)c2cccs2)c2ccc(C)c(C(N)=O)c21. The molecule has 0 saturated heterocycles. The van der Waals surface area contributed by atoms with Crippen molar-refractivity contribution in [2.45, 2.75) is 17.1 Å². The van der Waals surface area contributed by atoms with Gasteiger partial charge < -0.3 is 10.5 Å². The predicted octanol–water partition coefficient (Wildman–Crippen LogP) is 3.03. The lowest BCUT2D eigenvalue weighted by molar-refractivity contribution is -0.117. The van der Waals surface area contributed by atoms with Crippen molar-refractivity contribution < 1.29 is 22.7 Å². The third-order valence-electron chi connectivity index (χ3n) is 5.07. The molecule has 2 N–H and O–H groups in total. The van der Waals surface area contributed by atoms with Crippen molar-refractivity contribution in [3.8, 4) is 5.75 Å². The molecule has 30 heavy (non-hydrogen) atoms. The van der Waals surface area contributed by atoms with Crippen LogP contribution in [0.25, 0.3) is 0 Å². The predicted molar refractivity (Wildman–Crippen MR) is 114 cm³/mol. The molecule has 2 aromatic carbocycles. The number of methoxy groups -OCH3 is 1. The molecule has 7 nitrogen and oxygen atoms in total. The molecule has 154 valence electrons. The van der Waals surface area contributed by atoms with E-state index in [0.29, 0.717) is 16.9 Å². The van der Waals surface area contributed by atoms with E-state index in [9.17, 15) is 18.0 Å². The van der Waals surface area contributed by atoms with Crippen LogP contribution in [-0.2, 0) is 14.8 Å². The van der Waals surface area contributed by atoms with Gasteiger partial charge in [0.05, 0.1) is 18.7 Å². The van der Waals surface area contributed by atoms with Crippen molar-refractivity contribution in [1.29, 1.82) is 0 Å². The summed E-state index contributed by atoms with van der Waals surface area (Å²) in [5.74, 6) is -2.05. The molecule has 2 heterocycles. The number of para-hydroxylation sites is 1. The Bertz CT molecular complexity index is 1270. The molecule has 1 aliphatic heterocycles. The highest BCUT2D eigenvalue weighted by atomic mass is 32.2. The molecule has 0 spiro atoms. The minimum atomic E-state index is -4.16. The van der Waals surface area contributed by atoms with Crippen LogP contribution in [0.1, 0.15) is 33.0 Å². The number of amides is 2. The highest BCUT2D eigenvalue weighted by molar-refractivity contribution is 7.95. The van der Waals surface area contributed by atoms with E-state index in [1.807, 2.05) is 0 Å². The Kier molecular flexibility index (Phi) is 4.87. The van der Waals surface area contributed by atoms with Crippen LogP contribution in [0, 0.1) is 6.92 Å². The topological polar surface area (TPSA) is 107 Å². The smallest absolute Gasteiger partial charge is 0.280 e. The Morgan fingerprint density at radius 1 is 1.13 bits per heavy atom. The van der Waals surface area contributed by atoms with Crippen LogP contribution < -0.4 is 14.8 Å². The van der Waals surface area contributed by atoms with Crippen molar-refractivity contribution in [1.82, 2.24) is 0 Å². The highest BCUT2D eigenvalue weighted by Gasteiger charge is 2.48. The van der Waals surface area contributed by atoms with Gasteiger partial charge in [-0.05, 0) is 36.1 Å².